The van der Waals surface area contributed by atoms with Crippen LogP contribution in [0.4, 0.5) is 4.39 Å². The molecule has 1 heterocycles. The normalized spacial score (nSPS) is 15.3. The summed E-state index contributed by atoms with van der Waals surface area (Å²) in [6.45, 7) is 1.88. The molecule has 3 nitrogen and oxygen atoms in total. The molecule has 98 valence electrons. The van der Waals surface area contributed by atoms with Gasteiger partial charge in [-0.15, -0.1) is 0 Å². The molecule has 19 heavy (non-hydrogen) atoms. The van der Waals surface area contributed by atoms with Gasteiger partial charge < -0.3 is 4.98 Å². The Morgan fingerprint density at radius 2 is 2.16 bits per heavy atom. The van der Waals surface area contributed by atoms with Crippen LogP contribution >= 0.6 is 0 Å². The third kappa shape index (κ3) is 2.18. The Bertz CT molecular complexity index is 674. The van der Waals surface area contributed by atoms with Gasteiger partial charge in [0.15, 0.2) is 0 Å². The Morgan fingerprint density at radius 1 is 1.37 bits per heavy atom. The van der Waals surface area contributed by atoms with Crippen molar-refractivity contribution in [1.29, 1.82) is 0 Å². The SMILES string of the molecule is Cc1ccc(F)c(-c2ncc(C3CCC3)c(=O)[nH]2)c1. The molecular weight excluding hydrogens is 243 g/mol. The standard InChI is InChI=1S/C15H15FN2O/c1-9-5-6-13(16)11(7-9)14-17-8-12(15(19)18-14)10-3-2-4-10/h5-8,10H,2-4H2,1H3,(H,17,18,19). The summed E-state index contributed by atoms with van der Waals surface area (Å²) >= 11 is 0. The molecule has 1 N–H and O–H groups in total. The third-order valence-corrected chi connectivity index (χ3v) is 3.75. The minimum Gasteiger partial charge on any atom is -0.306 e. The molecule has 0 bridgehead atoms. The maximum absolute atomic E-state index is 13.8. The topological polar surface area (TPSA) is 45.8 Å². The number of halogens is 1. The van der Waals surface area contributed by atoms with E-state index >= 15 is 0 Å². The summed E-state index contributed by atoms with van der Waals surface area (Å²) in [5.41, 5.74) is 1.86. The van der Waals surface area contributed by atoms with E-state index in [1.54, 1.807) is 18.3 Å². The van der Waals surface area contributed by atoms with Gasteiger partial charge in [-0.3, -0.25) is 4.79 Å². The van der Waals surface area contributed by atoms with Crippen molar-refractivity contribution in [3.05, 3.63) is 51.7 Å². The Balaban J connectivity index is 2.04. The number of rotatable bonds is 2. The maximum Gasteiger partial charge on any atom is 0.254 e. The van der Waals surface area contributed by atoms with Gasteiger partial charge in [0.2, 0.25) is 0 Å². The van der Waals surface area contributed by atoms with E-state index < -0.39 is 0 Å². The van der Waals surface area contributed by atoms with E-state index in [1.165, 1.54) is 12.5 Å². The largest absolute Gasteiger partial charge is 0.306 e. The van der Waals surface area contributed by atoms with E-state index in [0.29, 0.717) is 17.3 Å². The predicted molar refractivity (Wildman–Crippen MR) is 71.6 cm³/mol. The van der Waals surface area contributed by atoms with Crippen LogP contribution in [0.15, 0.2) is 29.2 Å². The second-order valence-electron chi connectivity index (χ2n) is 5.13. The van der Waals surface area contributed by atoms with Crippen LogP contribution in [-0.2, 0) is 0 Å². The number of aromatic amines is 1. The van der Waals surface area contributed by atoms with E-state index in [0.717, 1.165) is 24.0 Å². The molecule has 0 aliphatic heterocycles. The number of nitrogens with zero attached hydrogens (tertiary/aromatic N) is 1. The number of aromatic nitrogens is 2. The number of hydrogen-bond donors (Lipinski definition) is 1. The van der Waals surface area contributed by atoms with Crippen molar-refractivity contribution in [2.24, 2.45) is 0 Å². The summed E-state index contributed by atoms with van der Waals surface area (Å²) in [6, 6.07) is 4.78. The summed E-state index contributed by atoms with van der Waals surface area (Å²) in [5.74, 6) is 0.257. The minimum atomic E-state index is -0.370. The summed E-state index contributed by atoms with van der Waals surface area (Å²) in [4.78, 5) is 18.9. The average Bonchev–Trinajstić information content (AvgIpc) is 2.32. The van der Waals surface area contributed by atoms with Crippen molar-refractivity contribution in [2.45, 2.75) is 32.1 Å². The van der Waals surface area contributed by atoms with Crippen LogP contribution in [0.2, 0.25) is 0 Å². The fraction of sp³-hybridized carbons (Fsp3) is 0.333. The smallest absolute Gasteiger partial charge is 0.254 e. The van der Waals surface area contributed by atoms with Gasteiger partial charge >= 0.3 is 0 Å². The lowest BCUT2D eigenvalue weighted by molar-refractivity contribution is 0.415. The van der Waals surface area contributed by atoms with Crippen molar-refractivity contribution in [1.82, 2.24) is 9.97 Å². The van der Waals surface area contributed by atoms with E-state index in [4.69, 9.17) is 0 Å². The molecule has 0 amide bonds. The molecule has 1 fully saturated rings. The van der Waals surface area contributed by atoms with Crippen molar-refractivity contribution in [2.75, 3.05) is 0 Å². The van der Waals surface area contributed by atoms with Crippen LogP contribution < -0.4 is 5.56 Å². The summed E-state index contributed by atoms with van der Waals surface area (Å²) in [5, 5.41) is 0. The van der Waals surface area contributed by atoms with Crippen molar-refractivity contribution in [3.63, 3.8) is 0 Å². The van der Waals surface area contributed by atoms with Crippen LogP contribution in [0.3, 0.4) is 0 Å². The summed E-state index contributed by atoms with van der Waals surface area (Å²) < 4.78 is 13.8. The monoisotopic (exact) mass is 258 g/mol. The Labute approximate surface area is 110 Å². The molecule has 0 atom stereocenters. The molecule has 2 aromatic rings. The lowest BCUT2D eigenvalue weighted by Gasteiger charge is -2.24. The van der Waals surface area contributed by atoms with E-state index in [9.17, 15) is 9.18 Å². The number of H-pyrrole nitrogens is 1. The molecule has 1 aliphatic rings. The molecule has 4 heteroatoms. The molecular formula is C15H15FN2O. The first-order valence-corrected chi connectivity index (χ1v) is 6.51. The van der Waals surface area contributed by atoms with Gasteiger partial charge in [0.05, 0.1) is 5.56 Å². The Hall–Kier alpha value is -1.97. The van der Waals surface area contributed by atoms with Gasteiger partial charge in [0.1, 0.15) is 11.6 Å². The zero-order valence-corrected chi connectivity index (χ0v) is 10.7. The Kier molecular flexibility index (Phi) is 2.93. The Morgan fingerprint density at radius 3 is 2.79 bits per heavy atom. The van der Waals surface area contributed by atoms with E-state index in [-0.39, 0.29) is 11.4 Å². The third-order valence-electron chi connectivity index (χ3n) is 3.75. The number of aryl methyl sites for hydroxylation is 1. The molecule has 1 saturated carbocycles. The zero-order chi connectivity index (χ0) is 13.4. The first-order valence-electron chi connectivity index (χ1n) is 6.51. The number of nitrogens with one attached hydrogen (secondary N) is 1. The number of hydrogen-bond acceptors (Lipinski definition) is 2. The molecule has 0 unspecified atom stereocenters. The van der Waals surface area contributed by atoms with Crippen molar-refractivity contribution >= 4 is 0 Å². The van der Waals surface area contributed by atoms with E-state index in [1.807, 2.05) is 6.92 Å². The van der Waals surface area contributed by atoms with Crippen LogP contribution in [0, 0.1) is 12.7 Å². The second-order valence-corrected chi connectivity index (χ2v) is 5.13. The summed E-state index contributed by atoms with van der Waals surface area (Å²) in [7, 11) is 0. The first-order chi connectivity index (χ1) is 9.15. The lowest BCUT2D eigenvalue weighted by Crippen LogP contribution is -2.22. The minimum absolute atomic E-state index is 0.143. The van der Waals surface area contributed by atoms with Gasteiger partial charge in [-0.1, -0.05) is 18.1 Å². The fourth-order valence-corrected chi connectivity index (χ4v) is 2.37. The average molecular weight is 258 g/mol. The van der Waals surface area contributed by atoms with Gasteiger partial charge in [0.25, 0.3) is 5.56 Å². The van der Waals surface area contributed by atoms with Crippen LogP contribution in [0.1, 0.15) is 36.3 Å². The highest BCUT2D eigenvalue weighted by atomic mass is 19.1. The molecule has 3 rings (SSSR count). The maximum atomic E-state index is 13.8. The second kappa shape index (κ2) is 4.61. The van der Waals surface area contributed by atoms with E-state index in [2.05, 4.69) is 9.97 Å². The lowest BCUT2D eigenvalue weighted by atomic mass is 9.81. The molecule has 0 spiro atoms. The van der Waals surface area contributed by atoms with Gasteiger partial charge in [-0.05, 0) is 37.8 Å². The highest BCUT2D eigenvalue weighted by Crippen LogP contribution is 2.34. The van der Waals surface area contributed by atoms with Gasteiger partial charge in [0, 0.05) is 11.8 Å². The fourth-order valence-electron chi connectivity index (χ4n) is 2.37. The molecule has 1 aromatic heterocycles. The molecule has 1 aromatic carbocycles. The molecule has 0 radical (unpaired) electrons. The number of benzene rings is 1. The van der Waals surface area contributed by atoms with Gasteiger partial charge in [-0.25, -0.2) is 9.37 Å². The predicted octanol–water partition coefficient (Wildman–Crippen LogP) is 3.15. The first kappa shape index (κ1) is 12.1. The highest BCUT2D eigenvalue weighted by Gasteiger charge is 2.23. The van der Waals surface area contributed by atoms with Crippen LogP contribution in [0.25, 0.3) is 11.4 Å². The zero-order valence-electron chi connectivity index (χ0n) is 10.7. The quantitative estimate of drug-likeness (QED) is 0.899. The molecule has 1 aliphatic carbocycles. The van der Waals surface area contributed by atoms with Gasteiger partial charge in [-0.2, -0.15) is 0 Å². The summed E-state index contributed by atoms with van der Waals surface area (Å²) in [6.07, 6.45) is 4.85. The van der Waals surface area contributed by atoms with Crippen LogP contribution in [0.5, 0.6) is 0 Å². The van der Waals surface area contributed by atoms with Crippen molar-refractivity contribution < 1.29 is 4.39 Å². The van der Waals surface area contributed by atoms with Crippen molar-refractivity contribution in [3.8, 4) is 11.4 Å². The highest BCUT2D eigenvalue weighted by molar-refractivity contribution is 5.56. The molecule has 0 saturated heterocycles. The van der Waals surface area contributed by atoms with Crippen LogP contribution in [-0.4, -0.2) is 9.97 Å².